The topological polar surface area (TPSA) is 52.6 Å². The molecular formula is C12H28O4SSi. The minimum atomic E-state index is -3.41. The van der Waals surface area contributed by atoms with Gasteiger partial charge >= 0.3 is 0 Å². The van der Waals surface area contributed by atoms with Crippen molar-refractivity contribution in [2.45, 2.75) is 64.8 Å². The Balaban J connectivity index is 4.54. The lowest BCUT2D eigenvalue weighted by atomic mass is 10.2. The molecule has 0 saturated heterocycles. The summed E-state index contributed by atoms with van der Waals surface area (Å²) in [7, 11) is -5.26. The first-order valence-electron chi connectivity index (χ1n) is 6.41. The Morgan fingerprint density at radius 3 is 2.06 bits per heavy atom. The second kappa shape index (κ2) is 6.50. The normalized spacial score (nSPS) is 15.7. The number of hydrogen-bond acceptors (Lipinski definition) is 4. The molecule has 0 radical (unpaired) electrons. The molecule has 0 aromatic heterocycles. The van der Waals surface area contributed by atoms with Gasteiger partial charge in [0.15, 0.2) is 8.32 Å². The van der Waals surface area contributed by atoms with Crippen LogP contribution in [0.2, 0.25) is 18.1 Å². The molecule has 1 atom stereocenters. The Kier molecular flexibility index (Phi) is 6.53. The molecule has 0 rings (SSSR count). The largest absolute Gasteiger partial charge is 0.414 e. The molecule has 0 aromatic carbocycles. The van der Waals surface area contributed by atoms with Gasteiger partial charge in [-0.1, -0.05) is 34.1 Å². The Bertz CT molecular complexity index is 344. The van der Waals surface area contributed by atoms with Gasteiger partial charge in [0.05, 0.1) is 19.0 Å². The molecule has 0 N–H and O–H groups in total. The molecule has 0 bridgehead atoms. The van der Waals surface area contributed by atoms with E-state index >= 15 is 0 Å². The van der Waals surface area contributed by atoms with Gasteiger partial charge in [-0.15, -0.1) is 0 Å². The standard InChI is InChI=1S/C12H28O4SSi/c1-8-9-11(16-17(5,13)14)10-15-18(6,7)12(2,3)4/h11H,8-10H2,1-7H3/t11-/m0/s1. The molecule has 0 aromatic rings. The van der Waals surface area contributed by atoms with E-state index in [2.05, 4.69) is 33.9 Å². The molecule has 0 saturated carbocycles. The third-order valence-electron chi connectivity index (χ3n) is 3.36. The zero-order valence-corrected chi connectivity index (χ0v) is 14.6. The molecule has 4 nitrogen and oxygen atoms in total. The molecule has 6 heteroatoms. The molecular weight excluding hydrogens is 268 g/mol. The maximum absolute atomic E-state index is 11.2. The van der Waals surface area contributed by atoms with Gasteiger partial charge in [0.2, 0.25) is 0 Å². The molecule has 0 spiro atoms. The maximum Gasteiger partial charge on any atom is 0.264 e. The highest BCUT2D eigenvalue weighted by Crippen LogP contribution is 2.36. The van der Waals surface area contributed by atoms with Crippen molar-refractivity contribution in [1.82, 2.24) is 0 Å². The highest BCUT2D eigenvalue weighted by atomic mass is 32.2. The second-order valence-corrected chi connectivity index (χ2v) is 12.7. The van der Waals surface area contributed by atoms with E-state index in [1.807, 2.05) is 6.92 Å². The summed E-state index contributed by atoms with van der Waals surface area (Å²) in [6.45, 7) is 13.1. The fourth-order valence-corrected chi connectivity index (χ4v) is 2.93. The molecule has 0 aliphatic rings. The average molecular weight is 297 g/mol. The Hall–Kier alpha value is 0.0869. The summed E-state index contributed by atoms with van der Waals surface area (Å²) < 4.78 is 33.4. The monoisotopic (exact) mass is 296 g/mol. The van der Waals surface area contributed by atoms with Crippen molar-refractivity contribution in [3.05, 3.63) is 0 Å². The van der Waals surface area contributed by atoms with E-state index in [9.17, 15) is 8.42 Å². The summed E-state index contributed by atoms with van der Waals surface area (Å²) in [5.74, 6) is 0. The van der Waals surface area contributed by atoms with Crippen molar-refractivity contribution in [3.63, 3.8) is 0 Å². The highest BCUT2D eigenvalue weighted by molar-refractivity contribution is 7.86. The highest BCUT2D eigenvalue weighted by Gasteiger charge is 2.37. The van der Waals surface area contributed by atoms with Gasteiger partial charge in [-0.25, -0.2) is 0 Å². The molecule has 0 fully saturated rings. The molecule has 0 aliphatic carbocycles. The van der Waals surface area contributed by atoms with Gasteiger partial charge in [-0.2, -0.15) is 8.42 Å². The van der Waals surface area contributed by atoms with Crippen molar-refractivity contribution in [3.8, 4) is 0 Å². The lowest BCUT2D eigenvalue weighted by Crippen LogP contribution is -2.43. The van der Waals surface area contributed by atoms with E-state index < -0.39 is 18.4 Å². The molecule has 0 amide bonds. The average Bonchev–Trinajstić information content (AvgIpc) is 2.10. The number of rotatable bonds is 7. The predicted octanol–water partition coefficient (Wildman–Crippen LogP) is 3.15. The molecule has 0 aliphatic heterocycles. The Morgan fingerprint density at radius 1 is 1.22 bits per heavy atom. The van der Waals surface area contributed by atoms with Crippen LogP contribution >= 0.6 is 0 Å². The van der Waals surface area contributed by atoms with E-state index in [1.54, 1.807) is 0 Å². The van der Waals surface area contributed by atoms with Gasteiger partial charge in [-0.3, -0.25) is 4.18 Å². The fraction of sp³-hybridized carbons (Fsp3) is 1.00. The van der Waals surface area contributed by atoms with Crippen LogP contribution in [0.1, 0.15) is 40.5 Å². The van der Waals surface area contributed by atoms with Crippen molar-refractivity contribution < 1.29 is 17.0 Å². The van der Waals surface area contributed by atoms with Crippen LogP contribution in [0.3, 0.4) is 0 Å². The minimum absolute atomic E-state index is 0.120. The third-order valence-corrected chi connectivity index (χ3v) is 8.48. The van der Waals surface area contributed by atoms with Gasteiger partial charge in [0.25, 0.3) is 10.1 Å². The van der Waals surface area contributed by atoms with Crippen molar-refractivity contribution in [2.24, 2.45) is 0 Å². The Labute approximate surface area is 113 Å². The second-order valence-electron chi connectivity index (χ2n) is 6.28. The van der Waals surface area contributed by atoms with Gasteiger partial charge in [-0.05, 0) is 24.6 Å². The third kappa shape index (κ3) is 6.87. The van der Waals surface area contributed by atoms with E-state index in [-0.39, 0.29) is 11.1 Å². The van der Waals surface area contributed by atoms with E-state index in [4.69, 9.17) is 8.61 Å². The van der Waals surface area contributed by atoms with Crippen LogP contribution in [-0.2, 0) is 18.7 Å². The van der Waals surface area contributed by atoms with Crippen LogP contribution < -0.4 is 0 Å². The van der Waals surface area contributed by atoms with E-state index in [0.29, 0.717) is 13.0 Å². The van der Waals surface area contributed by atoms with Crippen LogP contribution in [0.25, 0.3) is 0 Å². The quantitative estimate of drug-likeness (QED) is 0.535. The van der Waals surface area contributed by atoms with Gasteiger partial charge in [0, 0.05) is 0 Å². The fourth-order valence-electron chi connectivity index (χ4n) is 1.25. The van der Waals surface area contributed by atoms with Crippen LogP contribution in [0.15, 0.2) is 0 Å². The first kappa shape index (κ1) is 18.1. The van der Waals surface area contributed by atoms with Crippen LogP contribution in [0, 0.1) is 0 Å². The van der Waals surface area contributed by atoms with E-state index in [0.717, 1.165) is 12.7 Å². The van der Waals surface area contributed by atoms with Gasteiger partial charge in [0.1, 0.15) is 0 Å². The summed E-state index contributed by atoms with van der Waals surface area (Å²) in [6.07, 6.45) is 2.30. The van der Waals surface area contributed by atoms with Crippen LogP contribution in [0.4, 0.5) is 0 Å². The molecule has 0 heterocycles. The van der Waals surface area contributed by atoms with E-state index in [1.165, 1.54) is 0 Å². The van der Waals surface area contributed by atoms with Crippen molar-refractivity contribution >= 4 is 18.4 Å². The zero-order valence-electron chi connectivity index (χ0n) is 12.7. The lowest BCUT2D eigenvalue weighted by molar-refractivity contribution is 0.119. The Morgan fingerprint density at radius 2 is 1.72 bits per heavy atom. The SMILES string of the molecule is CCC[C@@H](CO[Si](C)(C)C(C)(C)C)OS(C)(=O)=O. The zero-order chi connectivity index (χ0) is 14.6. The lowest BCUT2D eigenvalue weighted by Gasteiger charge is -2.37. The molecule has 0 unspecified atom stereocenters. The smallest absolute Gasteiger partial charge is 0.264 e. The first-order valence-corrected chi connectivity index (χ1v) is 11.1. The first-order chi connectivity index (χ1) is 7.89. The predicted molar refractivity (Wildman–Crippen MR) is 77.8 cm³/mol. The summed E-state index contributed by atoms with van der Waals surface area (Å²) in [5.41, 5.74) is 0. The summed E-state index contributed by atoms with van der Waals surface area (Å²) in [6, 6.07) is 0. The number of hydrogen-bond donors (Lipinski definition) is 0. The molecule has 18 heavy (non-hydrogen) atoms. The van der Waals surface area contributed by atoms with Gasteiger partial charge < -0.3 is 4.43 Å². The summed E-state index contributed by atoms with van der Waals surface area (Å²) in [4.78, 5) is 0. The minimum Gasteiger partial charge on any atom is -0.414 e. The maximum atomic E-state index is 11.2. The van der Waals surface area contributed by atoms with Crippen LogP contribution in [0.5, 0.6) is 0 Å². The summed E-state index contributed by atoms with van der Waals surface area (Å²) >= 11 is 0. The molecule has 110 valence electrons. The van der Waals surface area contributed by atoms with Crippen molar-refractivity contribution in [1.29, 1.82) is 0 Å². The summed E-state index contributed by atoms with van der Waals surface area (Å²) in [5, 5.41) is 0.120. The van der Waals surface area contributed by atoms with Crippen molar-refractivity contribution in [2.75, 3.05) is 12.9 Å². The van der Waals surface area contributed by atoms with Crippen LogP contribution in [-0.4, -0.2) is 35.7 Å².